The third-order valence-electron chi connectivity index (χ3n) is 2.84. The summed E-state index contributed by atoms with van der Waals surface area (Å²) < 4.78 is 0. The van der Waals surface area contributed by atoms with Gasteiger partial charge in [-0.05, 0) is 37.1 Å². The van der Waals surface area contributed by atoms with E-state index in [9.17, 15) is 4.79 Å². The molecule has 0 fully saturated rings. The van der Waals surface area contributed by atoms with Gasteiger partial charge in [0.15, 0.2) is 0 Å². The zero-order valence-electron chi connectivity index (χ0n) is 10.6. The molecule has 92 valence electrons. The number of hydrogen-bond donors (Lipinski definition) is 1. The van der Waals surface area contributed by atoms with Gasteiger partial charge in [0.2, 0.25) is 0 Å². The van der Waals surface area contributed by atoms with Crippen LogP contribution in [0.5, 0.6) is 0 Å². The van der Waals surface area contributed by atoms with Crippen molar-refractivity contribution in [1.29, 1.82) is 0 Å². The predicted molar refractivity (Wildman–Crippen MR) is 71.3 cm³/mol. The molecule has 3 heteroatoms. The van der Waals surface area contributed by atoms with E-state index >= 15 is 0 Å². The van der Waals surface area contributed by atoms with Crippen LogP contribution in [0.15, 0.2) is 42.6 Å². The smallest absolute Gasteiger partial charge is 0.270 e. The zero-order chi connectivity index (χ0) is 13.0. The average molecular weight is 240 g/mol. The van der Waals surface area contributed by atoms with E-state index in [1.54, 1.807) is 24.4 Å². The molecule has 1 heterocycles. The van der Waals surface area contributed by atoms with Gasteiger partial charge in [-0.25, -0.2) is 0 Å². The van der Waals surface area contributed by atoms with Crippen LogP contribution in [0.4, 0.5) is 0 Å². The zero-order valence-corrected chi connectivity index (χ0v) is 10.6. The van der Waals surface area contributed by atoms with Crippen LogP contribution < -0.4 is 5.32 Å². The third kappa shape index (κ3) is 2.94. The van der Waals surface area contributed by atoms with Crippen LogP contribution in [0.1, 0.15) is 27.2 Å². The van der Waals surface area contributed by atoms with Crippen LogP contribution in [0.2, 0.25) is 0 Å². The van der Waals surface area contributed by atoms with Gasteiger partial charge in [0.25, 0.3) is 5.91 Å². The van der Waals surface area contributed by atoms with Gasteiger partial charge in [0.05, 0.1) is 0 Å². The van der Waals surface area contributed by atoms with Crippen molar-refractivity contribution in [3.05, 3.63) is 65.0 Å². The van der Waals surface area contributed by atoms with Crippen molar-refractivity contribution in [2.75, 3.05) is 0 Å². The minimum absolute atomic E-state index is 0.143. The lowest BCUT2D eigenvalue weighted by Crippen LogP contribution is -2.24. The number of hydrogen-bond acceptors (Lipinski definition) is 2. The summed E-state index contributed by atoms with van der Waals surface area (Å²) >= 11 is 0. The molecule has 18 heavy (non-hydrogen) atoms. The van der Waals surface area contributed by atoms with Gasteiger partial charge < -0.3 is 5.32 Å². The summed E-state index contributed by atoms with van der Waals surface area (Å²) in [5.41, 5.74) is 4.00. The van der Waals surface area contributed by atoms with Crippen LogP contribution in [0, 0.1) is 13.8 Å². The highest BCUT2D eigenvalue weighted by molar-refractivity contribution is 5.92. The summed E-state index contributed by atoms with van der Waals surface area (Å²) in [5, 5.41) is 2.87. The van der Waals surface area contributed by atoms with Gasteiger partial charge >= 0.3 is 0 Å². The number of rotatable bonds is 3. The number of carbonyl (C=O) groups is 1. The number of amides is 1. The van der Waals surface area contributed by atoms with Crippen molar-refractivity contribution in [3.63, 3.8) is 0 Å². The number of nitrogens with zero attached hydrogens (tertiary/aromatic N) is 1. The Bertz CT molecular complexity index is 550. The van der Waals surface area contributed by atoms with Crippen LogP contribution >= 0.6 is 0 Å². The minimum atomic E-state index is -0.143. The Kier molecular flexibility index (Phi) is 3.72. The summed E-state index contributed by atoms with van der Waals surface area (Å²) in [6, 6.07) is 11.5. The molecular formula is C15H16N2O. The molecule has 0 unspecified atom stereocenters. The fraction of sp³-hybridized carbons (Fsp3) is 0.200. The van der Waals surface area contributed by atoms with Gasteiger partial charge in [-0.3, -0.25) is 9.78 Å². The third-order valence-corrected chi connectivity index (χ3v) is 2.84. The van der Waals surface area contributed by atoms with Crippen molar-refractivity contribution in [2.24, 2.45) is 0 Å². The first kappa shape index (κ1) is 12.3. The predicted octanol–water partition coefficient (Wildman–Crippen LogP) is 2.63. The molecule has 0 aliphatic carbocycles. The van der Waals surface area contributed by atoms with Crippen molar-refractivity contribution in [2.45, 2.75) is 20.4 Å². The minimum Gasteiger partial charge on any atom is -0.347 e. The molecule has 0 bridgehead atoms. The number of nitrogens with one attached hydrogen (secondary N) is 1. The van der Waals surface area contributed by atoms with E-state index in [0.717, 1.165) is 5.56 Å². The topological polar surface area (TPSA) is 42.0 Å². The molecule has 2 rings (SSSR count). The van der Waals surface area contributed by atoms with E-state index in [1.165, 1.54) is 11.1 Å². The van der Waals surface area contributed by atoms with Crippen molar-refractivity contribution < 1.29 is 4.79 Å². The molecular weight excluding hydrogens is 224 g/mol. The molecule has 1 amide bonds. The highest BCUT2D eigenvalue weighted by atomic mass is 16.1. The van der Waals surface area contributed by atoms with Gasteiger partial charge in [0, 0.05) is 12.7 Å². The second kappa shape index (κ2) is 5.45. The Morgan fingerprint density at radius 3 is 2.72 bits per heavy atom. The molecule has 1 aromatic heterocycles. The Hall–Kier alpha value is -2.16. The maximum atomic E-state index is 11.8. The van der Waals surface area contributed by atoms with Crippen LogP contribution in [-0.2, 0) is 6.54 Å². The van der Waals surface area contributed by atoms with E-state index in [2.05, 4.69) is 36.3 Å². The Morgan fingerprint density at radius 1 is 1.22 bits per heavy atom. The number of carbonyl (C=O) groups excluding carboxylic acids is 1. The van der Waals surface area contributed by atoms with Crippen LogP contribution in [0.25, 0.3) is 0 Å². The normalized spacial score (nSPS) is 10.1. The second-order valence-corrected chi connectivity index (χ2v) is 4.33. The first-order valence-corrected chi connectivity index (χ1v) is 5.92. The molecule has 0 spiro atoms. The van der Waals surface area contributed by atoms with E-state index in [4.69, 9.17) is 0 Å². The Morgan fingerprint density at radius 2 is 2.06 bits per heavy atom. The molecule has 2 aromatic rings. The number of aryl methyl sites for hydroxylation is 2. The number of benzene rings is 1. The van der Waals surface area contributed by atoms with Gasteiger partial charge in [0.1, 0.15) is 5.69 Å². The summed E-state index contributed by atoms with van der Waals surface area (Å²) in [5.74, 6) is -0.143. The molecule has 0 aliphatic rings. The fourth-order valence-electron chi connectivity index (χ4n) is 1.81. The SMILES string of the molecule is Cc1ccc(CNC(=O)c2ccccn2)c(C)c1. The lowest BCUT2D eigenvalue weighted by atomic mass is 10.1. The number of aromatic nitrogens is 1. The van der Waals surface area contributed by atoms with Crippen LogP contribution in [-0.4, -0.2) is 10.9 Å². The molecule has 0 saturated carbocycles. The van der Waals surface area contributed by atoms with E-state index in [-0.39, 0.29) is 5.91 Å². The molecule has 1 aromatic carbocycles. The van der Waals surface area contributed by atoms with Gasteiger partial charge in [-0.15, -0.1) is 0 Å². The Balaban J connectivity index is 2.02. The standard InChI is InChI=1S/C15H16N2O/c1-11-6-7-13(12(2)9-11)10-17-15(18)14-5-3-4-8-16-14/h3-9H,10H2,1-2H3,(H,17,18). The molecule has 0 saturated heterocycles. The van der Waals surface area contributed by atoms with E-state index < -0.39 is 0 Å². The van der Waals surface area contributed by atoms with E-state index in [1.807, 2.05) is 6.07 Å². The number of pyridine rings is 1. The lowest BCUT2D eigenvalue weighted by Gasteiger charge is -2.08. The highest BCUT2D eigenvalue weighted by Gasteiger charge is 2.06. The summed E-state index contributed by atoms with van der Waals surface area (Å²) in [4.78, 5) is 15.8. The summed E-state index contributed by atoms with van der Waals surface area (Å²) in [6.45, 7) is 4.64. The van der Waals surface area contributed by atoms with Crippen molar-refractivity contribution in [1.82, 2.24) is 10.3 Å². The summed E-state index contributed by atoms with van der Waals surface area (Å²) in [7, 11) is 0. The highest BCUT2D eigenvalue weighted by Crippen LogP contribution is 2.10. The van der Waals surface area contributed by atoms with Crippen molar-refractivity contribution in [3.8, 4) is 0 Å². The molecule has 0 aliphatic heterocycles. The summed E-state index contributed by atoms with van der Waals surface area (Å²) in [6.07, 6.45) is 1.62. The van der Waals surface area contributed by atoms with Crippen molar-refractivity contribution >= 4 is 5.91 Å². The Labute approximate surface area is 107 Å². The lowest BCUT2D eigenvalue weighted by molar-refractivity contribution is 0.0946. The molecule has 1 N–H and O–H groups in total. The largest absolute Gasteiger partial charge is 0.347 e. The van der Waals surface area contributed by atoms with E-state index in [0.29, 0.717) is 12.2 Å². The fourth-order valence-corrected chi connectivity index (χ4v) is 1.81. The maximum Gasteiger partial charge on any atom is 0.270 e. The second-order valence-electron chi connectivity index (χ2n) is 4.33. The average Bonchev–Trinajstić information content (AvgIpc) is 2.38. The molecule has 0 atom stereocenters. The first-order chi connectivity index (χ1) is 8.66. The van der Waals surface area contributed by atoms with Gasteiger partial charge in [-0.2, -0.15) is 0 Å². The first-order valence-electron chi connectivity index (χ1n) is 5.92. The quantitative estimate of drug-likeness (QED) is 0.896. The van der Waals surface area contributed by atoms with Gasteiger partial charge in [-0.1, -0.05) is 29.8 Å². The maximum absolute atomic E-state index is 11.8. The van der Waals surface area contributed by atoms with Crippen LogP contribution in [0.3, 0.4) is 0 Å². The molecule has 3 nitrogen and oxygen atoms in total. The molecule has 0 radical (unpaired) electrons. The monoisotopic (exact) mass is 240 g/mol.